The highest BCUT2D eigenvalue weighted by Crippen LogP contribution is 2.29. The summed E-state index contributed by atoms with van der Waals surface area (Å²) < 4.78 is 8.20. The minimum atomic E-state index is -0.678. The van der Waals surface area contributed by atoms with Gasteiger partial charge in [0.1, 0.15) is 5.75 Å². The Labute approximate surface area is 182 Å². The van der Waals surface area contributed by atoms with Crippen molar-refractivity contribution in [1.29, 1.82) is 0 Å². The van der Waals surface area contributed by atoms with Crippen LogP contribution >= 0.6 is 27.3 Å². The van der Waals surface area contributed by atoms with Gasteiger partial charge in [0.15, 0.2) is 16.6 Å². The first-order valence-electron chi connectivity index (χ1n) is 8.88. The number of ether oxygens (including phenoxy) is 1. The van der Waals surface area contributed by atoms with Crippen LogP contribution in [0.4, 0.5) is 5.13 Å². The van der Waals surface area contributed by atoms with Gasteiger partial charge in [0.2, 0.25) is 0 Å². The number of anilines is 1. The van der Waals surface area contributed by atoms with Gasteiger partial charge in [0.05, 0.1) is 22.5 Å². The highest BCUT2D eigenvalue weighted by atomic mass is 79.9. The maximum atomic E-state index is 12.7. The van der Waals surface area contributed by atoms with Gasteiger partial charge in [0, 0.05) is 10.5 Å². The summed E-state index contributed by atoms with van der Waals surface area (Å²) in [5.74, 6) is -0.472. The Morgan fingerprint density at radius 3 is 2.73 bits per heavy atom. The van der Waals surface area contributed by atoms with E-state index < -0.39 is 17.2 Å². The molecule has 152 valence electrons. The van der Waals surface area contributed by atoms with Crippen LogP contribution in [-0.2, 0) is 0 Å². The summed E-state index contributed by atoms with van der Waals surface area (Å²) in [5, 5.41) is 17.1. The molecular weight excluding hydrogens is 472 g/mol. The van der Waals surface area contributed by atoms with Gasteiger partial charge >= 0.3 is 0 Å². The second kappa shape index (κ2) is 8.25. The molecule has 0 saturated heterocycles. The monoisotopic (exact) mass is 486 g/mol. The maximum Gasteiger partial charge on any atom is 0.281 e. The number of rotatable bonds is 5. The molecule has 2 aromatic heterocycles. The van der Waals surface area contributed by atoms with Crippen LogP contribution < -0.4 is 15.6 Å². The number of benzene rings is 2. The summed E-state index contributed by atoms with van der Waals surface area (Å²) in [5.41, 5.74) is 0.318. The van der Waals surface area contributed by atoms with Crippen molar-refractivity contribution in [3.8, 4) is 17.2 Å². The van der Waals surface area contributed by atoms with Crippen LogP contribution in [0.5, 0.6) is 11.5 Å². The van der Waals surface area contributed by atoms with Crippen molar-refractivity contribution in [2.24, 2.45) is 0 Å². The standard InChI is InChI=1S/C20H15BrN4O4S/c1-2-29-13-7-8-14-16(9-13)30-20(22-14)23-19(28)18-15(26)10-17(27)25(24-18)12-5-3-11(21)4-6-12/h3-10,26H,2H2,1H3,(H,22,23,28). The Bertz CT molecular complexity index is 1300. The Morgan fingerprint density at radius 2 is 2.00 bits per heavy atom. The van der Waals surface area contributed by atoms with Crippen LogP contribution in [0.2, 0.25) is 0 Å². The van der Waals surface area contributed by atoms with Gasteiger partial charge in [-0.2, -0.15) is 9.78 Å². The fourth-order valence-corrected chi connectivity index (χ4v) is 3.90. The van der Waals surface area contributed by atoms with Gasteiger partial charge in [-0.15, -0.1) is 0 Å². The summed E-state index contributed by atoms with van der Waals surface area (Å²) in [6.45, 7) is 2.45. The number of carbonyl (C=O) groups is 1. The number of fused-ring (bicyclic) bond motifs is 1. The summed E-state index contributed by atoms with van der Waals surface area (Å²) in [6.07, 6.45) is 0. The van der Waals surface area contributed by atoms with Crippen LogP contribution in [-0.4, -0.2) is 32.4 Å². The number of nitrogens with zero attached hydrogens (tertiary/aromatic N) is 3. The Morgan fingerprint density at radius 1 is 1.23 bits per heavy atom. The molecule has 0 spiro atoms. The van der Waals surface area contributed by atoms with Crippen molar-refractivity contribution >= 4 is 48.5 Å². The SMILES string of the molecule is CCOc1ccc2nc(NC(=O)c3nn(-c4ccc(Br)cc4)c(=O)cc3O)sc2c1. The molecule has 30 heavy (non-hydrogen) atoms. The number of halogens is 1. The average Bonchev–Trinajstić information content (AvgIpc) is 3.10. The summed E-state index contributed by atoms with van der Waals surface area (Å²) in [7, 11) is 0. The lowest BCUT2D eigenvalue weighted by atomic mass is 10.3. The predicted molar refractivity (Wildman–Crippen MR) is 118 cm³/mol. The summed E-state index contributed by atoms with van der Waals surface area (Å²) in [6, 6.07) is 13.2. The fraction of sp³-hybridized carbons (Fsp3) is 0.100. The van der Waals surface area contributed by atoms with Crippen molar-refractivity contribution in [3.05, 3.63) is 69.1 Å². The number of amides is 1. The molecule has 0 atom stereocenters. The molecule has 0 fully saturated rings. The predicted octanol–water partition coefficient (Wildman–Crippen LogP) is 3.96. The van der Waals surface area contributed by atoms with E-state index in [9.17, 15) is 14.7 Å². The molecule has 2 heterocycles. The third-order valence-electron chi connectivity index (χ3n) is 4.09. The van der Waals surface area contributed by atoms with Crippen molar-refractivity contribution in [1.82, 2.24) is 14.8 Å². The third kappa shape index (κ3) is 4.05. The highest BCUT2D eigenvalue weighted by molar-refractivity contribution is 9.10. The molecule has 0 aliphatic carbocycles. The van der Waals surface area contributed by atoms with E-state index in [0.717, 1.165) is 19.9 Å². The van der Waals surface area contributed by atoms with Crippen LogP contribution in [0.3, 0.4) is 0 Å². The molecule has 0 aliphatic rings. The zero-order valence-corrected chi connectivity index (χ0v) is 18.0. The fourth-order valence-electron chi connectivity index (χ4n) is 2.75. The first kappa shape index (κ1) is 20.0. The van der Waals surface area contributed by atoms with Crippen LogP contribution in [0.25, 0.3) is 15.9 Å². The van der Waals surface area contributed by atoms with E-state index in [-0.39, 0.29) is 5.69 Å². The Balaban J connectivity index is 1.64. The smallest absolute Gasteiger partial charge is 0.281 e. The lowest BCUT2D eigenvalue weighted by Gasteiger charge is -2.08. The molecule has 10 heteroatoms. The Kier molecular flexibility index (Phi) is 5.51. The van der Waals surface area contributed by atoms with E-state index >= 15 is 0 Å². The van der Waals surface area contributed by atoms with Crippen LogP contribution in [0.1, 0.15) is 17.4 Å². The minimum Gasteiger partial charge on any atom is -0.505 e. The van der Waals surface area contributed by atoms with Gasteiger partial charge < -0.3 is 9.84 Å². The first-order chi connectivity index (χ1) is 14.4. The molecule has 2 N–H and O–H groups in total. The van der Waals surface area contributed by atoms with E-state index in [2.05, 4.69) is 31.3 Å². The van der Waals surface area contributed by atoms with Crippen molar-refractivity contribution in [2.45, 2.75) is 6.92 Å². The number of nitrogens with one attached hydrogen (secondary N) is 1. The topological polar surface area (TPSA) is 106 Å². The number of thiazole rings is 1. The average molecular weight is 487 g/mol. The van der Waals surface area contributed by atoms with Crippen molar-refractivity contribution in [2.75, 3.05) is 11.9 Å². The maximum absolute atomic E-state index is 12.7. The summed E-state index contributed by atoms with van der Waals surface area (Å²) >= 11 is 4.59. The van der Waals surface area contributed by atoms with Crippen LogP contribution in [0.15, 0.2) is 57.8 Å². The van der Waals surface area contributed by atoms with Gasteiger partial charge in [-0.25, -0.2) is 4.98 Å². The highest BCUT2D eigenvalue weighted by Gasteiger charge is 2.18. The van der Waals surface area contributed by atoms with Crippen molar-refractivity contribution in [3.63, 3.8) is 0 Å². The minimum absolute atomic E-state index is 0.285. The largest absolute Gasteiger partial charge is 0.505 e. The molecule has 0 unspecified atom stereocenters. The molecule has 4 aromatic rings. The van der Waals surface area contributed by atoms with E-state index in [4.69, 9.17) is 4.74 Å². The van der Waals surface area contributed by atoms with E-state index in [1.807, 2.05) is 13.0 Å². The van der Waals surface area contributed by atoms with Gasteiger partial charge in [0.25, 0.3) is 11.5 Å². The zero-order valence-electron chi connectivity index (χ0n) is 15.6. The zero-order chi connectivity index (χ0) is 21.3. The lowest BCUT2D eigenvalue weighted by molar-refractivity contribution is 0.101. The van der Waals surface area contributed by atoms with Crippen molar-refractivity contribution < 1.29 is 14.6 Å². The number of carbonyl (C=O) groups excluding carboxylic acids is 1. The van der Waals surface area contributed by atoms with Gasteiger partial charge in [-0.1, -0.05) is 27.3 Å². The molecule has 2 aromatic carbocycles. The number of aromatic nitrogens is 3. The second-order valence-electron chi connectivity index (χ2n) is 6.14. The molecule has 0 radical (unpaired) electrons. The Hall–Kier alpha value is -3.24. The quantitative estimate of drug-likeness (QED) is 0.442. The molecule has 8 nitrogen and oxygen atoms in total. The first-order valence-corrected chi connectivity index (χ1v) is 10.5. The number of aromatic hydroxyl groups is 1. The van der Waals surface area contributed by atoms with E-state index in [1.165, 1.54) is 11.3 Å². The molecular formula is C20H15BrN4O4S. The van der Waals surface area contributed by atoms with Crippen LogP contribution in [0, 0.1) is 0 Å². The molecule has 0 aliphatic heterocycles. The molecule has 0 bridgehead atoms. The molecule has 1 amide bonds. The lowest BCUT2D eigenvalue weighted by Crippen LogP contribution is -2.25. The van der Waals surface area contributed by atoms with E-state index in [1.54, 1.807) is 36.4 Å². The normalized spacial score (nSPS) is 10.9. The number of hydrogen-bond donors (Lipinski definition) is 2. The van der Waals surface area contributed by atoms with Gasteiger partial charge in [-0.3, -0.25) is 14.9 Å². The third-order valence-corrected chi connectivity index (χ3v) is 5.55. The summed E-state index contributed by atoms with van der Waals surface area (Å²) in [4.78, 5) is 29.3. The molecule has 0 saturated carbocycles. The second-order valence-corrected chi connectivity index (χ2v) is 8.09. The molecule has 4 rings (SSSR count). The van der Waals surface area contributed by atoms with Gasteiger partial charge in [-0.05, 0) is 49.4 Å². The van der Waals surface area contributed by atoms with E-state index in [0.29, 0.717) is 28.7 Å². The number of hydrogen-bond acceptors (Lipinski definition) is 7.